The Bertz CT molecular complexity index is 3450. The molecule has 0 unspecified atom stereocenters. The molecule has 0 fully saturated rings. The van der Waals surface area contributed by atoms with Gasteiger partial charge in [0.05, 0.1) is 0 Å². The summed E-state index contributed by atoms with van der Waals surface area (Å²) in [5, 5.41) is 21.4. The summed E-state index contributed by atoms with van der Waals surface area (Å²) in [6.45, 7) is 27.8. The molecule has 0 heterocycles. The maximum absolute atomic E-state index is 2.56. The Morgan fingerprint density at radius 2 is 0.581 bits per heavy atom. The first-order valence-electron chi connectivity index (χ1n) is 22.6. The second kappa shape index (κ2) is 13.1. The molecule has 0 spiro atoms. The van der Waals surface area contributed by atoms with Crippen molar-refractivity contribution in [1.29, 1.82) is 0 Å². The van der Waals surface area contributed by atoms with Crippen molar-refractivity contribution in [2.45, 2.75) is 93.9 Å². The minimum Gasteiger partial charge on any atom is -0.0616 e. The third kappa shape index (κ3) is 5.45. The van der Waals surface area contributed by atoms with E-state index in [2.05, 4.69) is 204 Å². The largest absolute Gasteiger partial charge is 0.0616 e. The Morgan fingerprint density at radius 3 is 0.919 bits per heavy atom. The third-order valence-corrected chi connectivity index (χ3v) is 14.3. The molecule has 0 bridgehead atoms. The van der Waals surface area contributed by atoms with Gasteiger partial charge in [-0.3, -0.25) is 0 Å². The van der Waals surface area contributed by atoms with Crippen LogP contribution in [0, 0.1) is 41.5 Å². The lowest BCUT2D eigenvalue weighted by Crippen LogP contribution is -2.10. The highest BCUT2D eigenvalue weighted by Crippen LogP contribution is 2.56. The van der Waals surface area contributed by atoms with Crippen molar-refractivity contribution in [2.75, 3.05) is 0 Å². The van der Waals surface area contributed by atoms with Gasteiger partial charge in [0.2, 0.25) is 0 Å². The molecule has 0 aliphatic rings. The lowest BCUT2D eigenvalue weighted by molar-refractivity contribution is 0.591. The molecule has 11 aromatic carbocycles. The summed E-state index contributed by atoms with van der Waals surface area (Å²) in [5.74, 6) is 0. The van der Waals surface area contributed by atoms with Crippen LogP contribution in [0.2, 0.25) is 0 Å². The summed E-state index contributed by atoms with van der Waals surface area (Å²) in [5.41, 5.74) is 16.0. The third-order valence-electron chi connectivity index (χ3n) is 14.3. The van der Waals surface area contributed by atoms with Gasteiger partial charge in [-0.15, -0.1) is 0 Å². The Balaban J connectivity index is 1.55. The fraction of sp³-hybridized carbons (Fsp3) is 0.226. The molecular formula is C62H56. The maximum atomic E-state index is 2.56. The van der Waals surface area contributed by atoms with Gasteiger partial charge in [0.1, 0.15) is 0 Å². The Kier molecular flexibility index (Phi) is 8.19. The van der Waals surface area contributed by atoms with Crippen LogP contribution in [-0.2, 0) is 10.8 Å². The summed E-state index contributed by atoms with van der Waals surface area (Å²) in [7, 11) is 0. The van der Waals surface area contributed by atoms with Crippen molar-refractivity contribution in [3.05, 3.63) is 166 Å². The van der Waals surface area contributed by atoms with Gasteiger partial charge in [-0.05, 0) is 206 Å². The van der Waals surface area contributed by atoms with Crippen molar-refractivity contribution in [3.8, 4) is 22.3 Å². The molecule has 0 saturated heterocycles. The molecule has 0 aromatic heterocycles. The normalized spacial score (nSPS) is 12.8. The minimum absolute atomic E-state index is 0.00464. The lowest BCUT2D eigenvalue weighted by Gasteiger charge is -2.27. The van der Waals surface area contributed by atoms with Crippen LogP contribution < -0.4 is 0 Å². The smallest absolute Gasteiger partial charge is 0.000674 e. The molecule has 0 saturated carbocycles. The first kappa shape index (κ1) is 38.7. The quantitative estimate of drug-likeness (QED) is 0.121. The first-order valence-corrected chi connectivity index (χ1v) is 22.6. The van der Waals surface area contributed by atoms with Gasteiger partial charge in [-0.1, -0.05) is 162 Å². The minimum atomic E-state index is 0.00464. The summed E-state index contributed by atoms with van der Waals surface area (Å²) in [4.78, 5) is 0. The van der Waals surface area contributed by atoms with Gasteiger partial charge in [0, 0.05) is 0 Å². The zero-order valence-corrected chi connectivity index (χ0v) is 38.5. The second-order valence-corrected chi connectivity index (χ2v) is 20.9. The molecule has 0 radical (unpaired) electrons. The monoisotopic (exact) mass is 800 g/mol. The van der Waals surface area contributed by atoms with E-state index in [9.17, 15) is 0 Å². The van der Waals surface area contributed by atoms with Gasteiger partial charge in [0.25, 0.3) is 0 Å². The number of rotatable bonds is 2. The van der Waals surface area contributed by atoms with Crippen molar-refractivity contribution in [3.63, 3.8) is 0 Å². The Labute approximate surface area is 366 Å². The molecule has 0 atom stereocenters. The topological polar surface area (TPSA) is 0 Å². The van der Waals surface area contributed by atoms with Gasteiger partial charge in [0.15, 0.2) is 0 Å². The highest BCUT2D eigenvalue weighted by Gasteiger charge is 2.29. The molecular weight excluding hydrogens is 745 g/mol. The molecule has 0 nitrogen and oxygen atoms in total. The molecule has 62 heavy (non-hydrogen) atoms. The molecule has 11 aromatic rings. The van der Waals surface area contributed by atoms with Gasteiger partial charge in [-0.25, -0.2) is 0 Å². The number of aryl methyl sites for hydroxylation is 6. The Morgan fingerprint density at radius 1 is 0.274 bits per heavy atom. The number of hydrogen-bond acceptors (Lipinski definition) is 0. The van der Waals surface area contributed by atoms with Crippen molar-refractivity contribution in [1.82, 2.24) is 0 Å². The van der Waals surface area contributed by atoms with Crippen molar-refractivity contribution in [2.24, 2.45) is 0 Å². The highest BCUT2D eigenvalue weighted by atomic mass is 14.3. The predicted molar refractivity (Wildman–Crippen MR) is 274 cm³/mol. The van der Waals surface area contributed by atoms with Crippen LogP contribution in [0.15, 0.2) is 121 Å². The number of fused-ring (bicyclic) bond motifs is 10. The van der Waals surface area contributed by atoms with E-state index in [-0.39, 0.29) is 10.8 Å². The van der Waals surface area contributed by atoms with Crippen molar-refractivity contribution < 1.29 is 0 Å². The van der Waals surface area contributed by atoms with E-state index < -0.39 is 0 Å². The zero-order chi connectivity index (χ0) is 43.3. The van der Waals surface area contributed by atoms with E-state index in [1.165, 1.54) is 153 Å². The molecule has 0 amide bonds. The average molecular weight is 801 g/mol. The summed E-state index contributed by atoms with van der Waals surface area (Å²) in [6, 6.07) is 48.0. The summed E-state index contributed by atoms with van der Waals surface area (Å²) in [6.07, 6.45) is 0. The second-order valence-electron chi connectivity index (χ2n) is 20.9. The molecule has 304 valence electrons. The van der Waals surface area contributed by atoms with Gasteiger partial charge in [-0.2, -0.15) is 0 Å². The van der Waals surface area contributed by atoms with Crippen LogP contribution in [0.3, 0.4) is 0 Å². The molecule has 0 heteroatoms. The van der Waals surface area contributed by atoms with E-state index >= 15 is 0 Å². The van der Waals surface area contributed by atoms with E-state index in [1.807, 2.05) is 0 Å². The highest BCUT2D eigenvalue weighted by molar-refractivity contribution is 6.50. The standard InChI is InChI=1S/C62H56/c1-33-25-35(3)51(36(4)26-33)53-45-17-13-15-19-47(45)57-56-44-24-22-42(62(10,11)12)30-40(44)32-50-54(52-37(5)27-34(2)28-38(52)6)46-18-14-16-20-48(46)58(60(50)56)55-43-23-21-41(61(7,8)9)29-39(43)31-49(53)59(55)57/h13-32H,1-12H3. The molecule has 0 N–H and O–H groups in total. The number of benzene rings is 11. The van der Waals surface area contributed by atoms with Crippen LogP contribution in [0.5, 0.6) is 0 Å². The fourth-order valence-corrected chi connectivity index (χ4v) is 11.8. The van der Waals surface area contributed by atoms with E-state index in [0.29, 0.717) is 0 Å². The van der Waals surface area contributed by atoms with E-state index in [4.69, 9.17) is 0 Å². The van der Waals surface area contributed by atoms with Crippen LogP contribution in [0.4, 0.5) is 0 Å². The van der Waals surface area contributed by atoms with Crippen LogP contribution in [-0.4, -0.2) is 0 Å². The Hall–Kier alpha value is -6.24. The summed E-state index contributed by atoms with van der Waals surface area (Å²) < 4.78 is 0. The molecule has 0 aliphatic heterocycles. The zero-order valence-electron chi connectivity index (χ0n) is 38.5. The lowest BCUT2D eigenvalue weighted by atomic mass is 9.76. The first-order chi connectivity index (χ1) is 29.5. The summed E-state index contributed by atoms with van der Waals surface area (Å²) >= 11 is 0. The van der Waals surface area contributed by atoms with Crippen LogP contribution in [0.25, 0.3) is 108 Å². The van der Waals surface area contributed by atoms with Gasteiger partial charge >= 0.3 is 0 Å². The number of hydrogen-bond donors (Lipinski definition) is 0. The SMILES string of the molecule is Cc1cc(C)c(-c2c3ccccc3c3c4c2cc2cc(C(C)(C)C)ccc2c4c2c4ccccc4c(-c4c(C)cc(C)cc4C)c4cc5cc(C(C)(C)C)ccc5c3c42)c(C)c1. The van der Waals surface area contributed by atoms with E-state index in [1.54, 1.807) is 0 Å². The predicted octanol–water partition coefficient (Wildman–Crippen LogP) is 18.1. The maximum Gasteiger partial charge on any atom is -0.000674 e. The fourth-order valence-electron chi connectivity index (χ4n) is 11.8. The van der Waals surface area contributed by atoms with E-state index in [0.717, 1.165) is 0 Å². The van der Waals surface area contributed by atoms with Crippen LogP contribution >= 0.6 is 0 Å². The van der Waals surface area contributed by atoms with Gasteiger partial charge < -0.3 is 0 Å². The van der Waals surface area contributed by atoms with Crippen molar-refractivity contribution >= 4 is 86.2 Å². The van der Waals surface area contributed by atoms with Crippen LogP contribution in [0.1, 0.15) is 86.1 Å². The molecule has 0 aliphatic carbocycles. The molecule has 11 rings (SSSR count). The average Bonchev–Trinajstić information content (AvgIpc) is 3.21.